The number of hydrogen-bond acceptors (Lipinski definition) is 3. The predicted octanol–water partition coefficient (Wildman–Crippen LogP) is 4.15. The highest BCUT2D eigenvalue weighted by molar-refractivity contribution is 6.74. The fraction of sp³-hybridized carbons (Fsp3) is 0.625. The van der Waals surface area contributed by atoms with Gasteiger partial charge in [-0.1, -0.05) is 50.6 Å². The fourth-order valence-electron chi connectivity index (χ4n) is 1.73. The van der Waals surface area contributed by atoms with Gasteiger partial charge in [0, 0.05) is 17.2 Å². The summed E-state index contributed by atoms with van der Waals surface area (Å²) in [6.07, 6.45) is -1.48. The molecule has 3 nitrogen and oxygen atoms in total. The summed E-state index contributed by atoms with van der Waals surface area (Å²) in [5.41, 5.74) is 0.555. The molecule has 2 N–H and O–H groups in total. The minimum absolute atomic E-state index is 0.138. The molecule has 0 aliphatic rings. The number of rotatable bonds is 6. The van der Waals surface area contributed by atoms with Crippen LogP contribution in [0.2, 0.25) is 23.2 Å². The van der Waals surface area contributed by atoms with Gasteiger partial charge >= 0.3 is 0 Å². The zero-order valence-electron chi connectivity index (χ0n) is 13.6. The molecule has 5 heteroatoms. The molecule has 1 aromatic rings. The van der Waals surface area contributed by atoms with E-state index >= 15 is 0 Å². The average Bonchev–Trinajstić information content (AvgIpc) is 2.36. The van der Waals surface area contributed by atoms with Gasteiger partial charge in [-0.05, 0) is 30.6 Å². The van der Waals surface area contributed by atoms with Crippen LogP contribution in [0, 0.1) is 0 Å². The zero-order chi connectivity index (χ0) is 16.3. The third-order valence-electron chi connectivity index (χ3n) is 4.27. The van der Waals surface area contributed by atoms with Crippen LogP contribution in [0.4, 0.5) is 0 Å². The third-order valence-corrected chi connectivity index (χ3v) is 9.15. The normalized spacial score (nSPS) is 15.8. The van der Waals surface area contributed by atoms with Crippen LogP contribution in [0.15, 0.2) is 24.3 Å². The van der Waals surface area contributed by atoms with Crippen LogP contribution in [0.3, 0.4) is 0 Å². The summed E-state index contributed by atoms with van der Waals surface area (Å²) in [7, 11) is -1.82. The highest BCUT2D eigenvalue weighted by atomic mass is 35.5. The van der Waals surface area contributed by atoms with E-state index in [9.17, 15) is 10.2 Å². The molecule has 2 atom stereocenters. The van der Waals surface area contributed by atoms with Crippen molar-refractivity contribution in [1.29, 1.82) is 0 Å². The summed E-state index contributed by atoms with van der Waals surface area (Å²) in [5.74, 6) is 0. The highest BCUT2D eigenvalue weighted by Crippen LogP contribution is 2.36. The second-order valence-electron chi connectivity index (χ2n) is 6.93. The first-order chi connectivity index (χ1) is 9.56. The number of aliphatic hydroxyl groups is 2. The maximum absolute atomic E-state index is 10.2. The van der Waals surface area contributed by atoms with Gasteiger partial charge in [0.25, 0.3) is 0 Å². The van der Waals surface area contributed by atoms with Crippen LogP contribution >= 0.6 is 11.6 Å². The molecule has 0 aliphatic heterocycles. The lowest BCUT2D eigenvalue weighted by atomic mass is 10.0. The molecule has 0 fully saturated rings. The van der Waals surface area contributed by atoms with Gasteiger partial charge in [-0.2, -0.15) is 0 Å². The molecule has 1 rings (SSSR count). The van der Waals surface area contributed by atoms with Crippen molar-refractivity contribution in [1.82, 2.24) is 0 Å². The molecule has 0 aliphatic carbocycles. The van der Waals surface area contributed by atoms with Crippen molar-refractivity contribution in [2.24, 2.45) is 0 Å². The van der Waals surface area contributed by atoms with Gasteiger partial charge in [0.15, 0.2) is 8.32 Å². The summed E-state index contributed by atoms with van der Waals surface area (Å²) in [6, 6.07) is 7.03. The molecule has 0 spiro atoms. The molecular formula is C16H27ClO3Si. The second-order valence-corrected chi connectivity index (χ2v) is 12.1. The van der Waals surface area contributed by atoms with Crippen LogP contribution in [-0.4, -0.2) is 31.2 Å². The largest absolute Gasteiger partial charge is 0.417 e. The first kappa shape index (κ1) is 18.7. The fourth-order valence-corrected chi connectivity index (χ4v) is 3.04. The minimum atomic E-state index is -1.82. The lowest BCUT2D eigenvalue weighted by Gasteiger charge is -2.36. The van der Waals surface area contributed by atoms with Crippen molar-refractivity contribution < 1.29 is 14.6 Å². The van der Waals surface area contributed by atoms with Crippen LogP contribution in [0.5, 0.6) is 0 Å². The summed E-state index contributed by atoms with van der Waals surface area (Å²) >= 11 is 6.03. The smallest absolute Gasteiger partial charge is 0.191 e. The Balaban J connectivity index is 2.55. The average molecular weight is 331 g/mol. The van der Waals surface area contributed by atoms with Crippen LogP contribution in [0.1, 0.15) is 38.9 Å². The summed E-state index contributed by atoms with van der Waals surface area (Å²) in [4.78, 5) is 0. The van der Waals surface area contributed by atoms with Gasteiger partial charge < -0.3 is 14.6 Å². The van der Waals surface area contributed by atoms with E-state index in [0.717, 1.165) is 0 Å². The molecule has 1 aromatic carbocycles. The van der Waals surface area contributed by atoms with E-state index in [1.54, 1.807) is 24.3 Å². The summed E-state index contributed by atoms with van der Waals surface area (Å²) in [6.45, 7) is 11.3. The Morgan fingerprint density at radius 3 is 2.29 bits per heavy atom. The van der Waals surface area contributed by atoms with Gasteiger partial charge in [-0.15, -0.1) is 0 Å². The molecular weight excluding hydrogens is 304 g/mol. The Kier molecular flexibility index (Phi) is 6.44. The van der Waals surface area contributed by atoms with Crippen molar-refractivity contribution >= 4 is 19.9 Å². The molecule has 120 valence electrons. The quantitative estimate of drug-likeness (QED) is 0.770. The third kappa shape index (κ3) is 5.08. The van der Waals surface area contributed by atoms with Crippen molar-refractivity contribution in [3.05, 3.63) is 34.9 Å². The van der Waals surface area contributed by atoms with E-state index in [1.807, 2.05) is 0 Å². The van der Waals surface area contributed by atoms with E-state index in [0.29, 0.717) is 23.6 Å². The second kappa shape index (κ2) is 7.25. The van der Waals surface area contributed by atoms with Crippen molar-refractivity contribution in [3.63, 3.8) is 0 Å². The standard InChI is InChI=1S/C16H27ClO3Si/c1-16(2,3)21(4,5)20-11-10-14(18)15(19)12-8-6-7-9-13(12)17/h6-9,14-15,18-19H,10-11H2,1-5H3. The van der Waals surface area contributed by atoms with Crippen molar-refractivity contribution in [2.45, 2.75) is 57.5 Å². The molecule has 2 unspecified atom stereocenters. The number of benzene rings is 1. The van der Waals surface area contributed by atoms with Gasteiger partial charge in [0.05, 0.1) is 6.10 Å². The maximum Gasteiger partial charge on any atom is 0.191 e. The minimum Gasteiger partial charge on any atom is -0.417 e. The highest BCUT2D eigenvalue weighted by Gasteiger charge is 2.37. The molecule has 0 heterocycles. The molecule has 0 saturated heterocycles. The van der Waals surface area contributed by atoms with E-state index in [2.05, 4.69) is 33.9 Å². The van der Waals surface area contributed by atoms with Gasteiger partial charge in [0.1, 0.15) is 6.10 Å². The van der Waals surface area contributed by atoms with E-state index in [4.69, 9.17) is 16.0 Å². The Labute approximate surface area is 134 Å². The lowest BCUT2D eigenvalue weighted by molar-refractivity contribution is 0.00523. The van der Waals surface area contributed by atoms with E-state index < -0.39 is 20.5 Å². The first-order valence-electron chi connectivity index (χ1n) is 7.31. The van der Waals surface area contributed by atoms with Crippen LogP contribution in [0.25, 0.3) is 0 Å². The summed E-state index contributed by atoms with van der Waals surface area (Å²) in [5, 5.41) is 20.9. The Morgan fingerprint density at radius 2 is 1.76 bits per heavy atom. The van der Waals surface area contributed by atoms with Crippen LogP contribution < -0.4 is 0 Å². The lowest BCUT2D eigenvalue weighted by Crippen LogP contribution is -2.41. The molecule has 0 aromatic heterocycles. The molecule has 21 heavy (non-hydrogen) atoms. The number of halogens is 1. The molecule has 0 bridgehead atoms. The Morgan fingerprint density at radius 1 is 1.19 bits per heavy atom. The zero-order valence-corrected chi connectivity index (χ0v) is 15.3. The summed E-state index contributed by atoms with van der Waals surface area (Å²) < 4.78 is 6.02. The number of aliphatic hydroxyl groups excluding tert-OH is 2. The van der Waals surface area contributed by atoms with Crippen molar-refractivity contribution in [2.75, 3.05) is 6.61 Å². The SMILES string of the molecule is CC(C)(C)[Si](C)(C)OCCC(O)C(O)c1ccccc1Cl. The number of hydrogen-bond donors (Lipinski definition) is 2. The molecule has 0 saturated carbocycles. The predicted molar refractivity (Wildman–Crippen MR) is 90.2 cm³/mol. The van der Waals surface area contributed by atoms with Gasteiger partial charge in [-0.3, -0.25) is 0 Å². The maximum atomic E-state index is 10.2. The van der Waals surface area contributed by atoms with Crippen molar-refractivity contribution in [3.8, 4) is 0 Å². The molecule has 0 radical (unpaired) electrons. The Hall–Kier alpha value is -0.393. The Bertz CT molecular complexity index is 457. The topological polar surface area (TPSA) is 49.7 Å². The van der Waals surface area contributed by atoms with E-state index in [1.165, 1.54) is 0 Å². The monoisotopic (exact) mass is 330 g/mol. The van der Waals surface area contributed by atoms with Crippen LogP contribution in [-0.2, 0) is 4.43 Å². The molecule has 0 amide bonds. The first-order valence-corrected chi connectivity index (χ1v) is 10.6. The van der Waals surface area contributed by atoms with Gasteiger partial charge in [0.2, 0.25) is 0 Å². The van der Waals surface area contributed by atoms with E-state index in [-0.39, 0.29) is 5.04 Å². The van der Waals surface area contributed by atoms with Gasteiger partial charge in [-0.25, -0.2) is 0 Å².